The summed E-state index contributed by atoms with van der Waals surface area (Å²) in [5.41, 5.74) is 0.550. The highest BCUT2D eigenvalue weighted by atomic mass is 35.5. The summed E-state index contributed by atoms with van der Waals surface area (Å²) in [5, 5.41) is 0.876. The Hall–Kier alpha value is -3.68. The standard InChI is InChI=1S/C28H25F6N5O2.2ClH/c29-27(30,31)20-11-18(12-21(14-20)28(32,33)34)26(41)39-10-9-37(17-25(40)36-38-7-3-4-8-38)16-22(39)13-19-15-35-24-6-2-1-5-23(19)24;;/h1-8,11-12,14-15,22,35H,9-10,13,16-17H2,(H,36,40);2*1H. The van der Waals surface area contributed by atoms with Crippen molar-refractivity contribution in [1.29, 1.82) is 0 Å². The molecule has 43 heavy (non-hydrogen) atoms. The smallest absolute Gasteiger partial charge is 0.361 e. The molecule has 3 heterocycles. The Bertz CT molecular complexity index is 1520. The van der Waals surface area contributed by atoms with Gasteiger partial charge in [0.2, 0.25) is 0 Å². The first kappa shape index (κ1) is 33.8. The number of carbonyl (C=O) groups excluding carboxylic acids is 2. The van der Waals surface area contributed by atoms with Crippen LogP contribution in [0.2, 0.25) is 0 Å². The quantitative estimate of drug-likeness (QED) is 0.252. The summed E-state index contributed by atoms with van der Waals surface area (Å²) in [4.78, 5) is 32.4. The molecule has 5 rings (SSSR count). The van der Waals surface area contributed by atoms with Crippen molar-refractivity contribution < 1.29 is 35.9 Å². The van der Waals surface area contributed by atoms with Crippen LogP contribution in [0.5, 0.6) is 0 Å². The molecule has 1 saturated heterocycles. The highest BCUT2D eigenvalue weighted by Crippen LogP contribution is 2.37. The van der Waals surface area contributed by atoms with E-state index in [-0.39, 0.29) is 69.4 Å². The zero-order valence-corrected chi connectivity index (χ0v) is 23.9. The van der Waals surface area contributed by atoms with Crippen molar-refractivity contribution in [2.75, 3.05) is 31.6 Å². The second kappa shape index (κ2) is 13.3. The van der Waals surface area contributed by atoms with Crippen LogP contribution >= 0.6 is 24.8 Å². The van der Waals surface area contributed by atoms with Gasteiger partial charge in [0.15, 0.2) is 0 Å². The first-order valence-corrected chi connectivity index (χ1v) is 12.7. The number of hydrogen-bond donors (Lipinski definition) is 2. The molecule has 0 bridgehead atoms. The van der Waals surface area contributed by atoms with Gasteiger partial charge in [0.1, 0.15) is 0 Å². The summed E-state index contributed by atoms with van der Waals surface area (Å²) in [5.74, 6) is -1.26. The number of fused-ring (bicyclic) bond motifs is 1. The van der Waals surface area contributed by atoms with Crippen LogP contribution in [0.25, 0.3) is 10.9 Å². The van der Waals surface area contributed by atoms with Crippen molar-refractivity contribution in [1.82, 2.24) is 19.5 Å². The molecule has 15 heteroatoms. The van der Waals surface area contributed by atoms with E-state index >= 15 is 0 Å². The molecule has 2 aromatic carbocycles. The van der Waals surface area contributed by atoms with Crippen LogP contribution in [-0.4, -0.2) is 63.5 Å². The Morgan fingerprint density at radius 3 is 2.14 bits per heavy atom. The predicted molar refractivity (Wildman–Crippen MR) is 153 cm³/mol. The van der Waals surface area contributed by atoms with Crippen LogP contribution in [0.15, 0.2) is 73.2 Å². The topological polar surface area (TPSA) is 73.4 Å². The first-order valence-electron chi connectivity index (χ1n) is 12.7. The van der Waals surface area contributed by atoms with E-state index in [1.165, 1.54) is 9.58 Å². The van der Waals surface area contributed by atoms with Gasteiger partial charge in [-0.25, -0.2) is 0 Å². The van der Waals surface area contributed by atoms with E-state index in [2.05, 4.69) is 10.4 Å². The summed E-state index contributed by atoms with van der Waals surface area (Å²) < 4.78 is 82.4. The predicted octanol–water partition coefficient (Wildman–Crippen LogP) is 5.99. The Labute approximate surface area is 254 Å². The number of rotatable bonds is 6. The van der Waals surface area contributed by atoms with E-state index < -0.39 is 41.0 Å². The zero-order valence-electron chi connectivity index (χ0n) is 22.3. The minimum atomic E-state index is -5.08. The van der Waals surface area contributed by atoms with Crippen molar-refractivity contribution in [3.8, 4) is 0 Å². The maximum atomic E-state index is 13.6. The molecule has 2 aromatic heterocycles. The molecular formula is C28H27Cl2F6N5O2. The van der Waals surface area contributed by atoms with E-state index in [9.17, 15) is 35.9 Å². The van der Waals surface area contributed by atoms with Gasteiger partial charge in [-0.1, -0.05) is 18.2 Å². The SMILES string of the molecule is Cl.Cl.O=C(CN1CCN(C(=O)c2cc(C(F)(F)F)cc(C(F)(F)F)c2)C(Cc2c[nH]c3ccccc23)C1)Nn1cccc1. The summed E-state index contributed by atoms with van der Waals surface area (Å²) in [7, 11) is 0. The van der Waals surface area contributed by atoms with Gasteiger partial charge < -0.3 is 9.88 Å². The second-order valence-corrected chi connectivity index (χ2v) is 9.87. The maximum Gasteiger partial charge on any atom is 0.416 e. The van der Waals surface area contributed by atoms with Crippen molar-refractivity contribution in [2.45, 2.75) is 24.8 Å². The van der Waals surface area contributed by atoms with Crippen LogP contribution < -0.4 is 5.43 Å². The molecule has 1 atom stereocenters. The van der Waals surface area contributed by atoms with Gasteiger partial charge >= 0.3 is 12.4 Å². The fourth-order valence-electron chi connectivity index (χ4n) is 5.10. The number of aromatic nitrogens is 2. The molecule has 0 saturated carbocycles. The third-order valence-corrected chi connectivity index (χ3v) is 7.02. The summed E-state index contributed by atoms with van der Waals surface area (Å²) in [6.45, 7) is 0.350. The molecule has 0 spiro atoms. The minimum Gasteiger partial charge on any atom is -0.361 e. The largest absolute Gasteiger partial charge is 0.416 e. The number of nitrogens with one attached hydrogen (secondary N) is 2. The number of amides is 2. The second-order valence-electron chi connectivity index (χ2n) is 9.87. The number of alkyl halides is 6. The van der Waals surface area contributed by atoms with Crippen LogP contribution in [0.1, 0.15) is 27.0 Å². The molecule has 2 amide bonds. The van der Waals surface area contributed by atoms with E-state index in [0.29, 0.717) is 12.1 Å². The Morgan fingerprint density at radius 2 is 1.51 bits per heavy atom. The monoisotopic (exact) mass is 649 g/mol. The molecule has 0 radical (unpaired) electrons. The van der Waals surface area contributed by atoms with Gasteiger partial charge in [-0.05, 0) is 48.4 Å². The molecule has 1 fully saturated rings. The fraction of sp³-hybridized carbons (Fsp3) is 0.286. The van der Waals surface area contributed by atoms with Crippen LogP contribution in [0.3, 0.4) is 0 Å². The van der Waals surface area contributed by atoms with Gasteiger partial charge in [-0.3, -0.25) is 24.6 Å². The summed E-state index contributed by atoms with van der Waals surface area (Å²) in [6.07, 6.45) is -4.83. The van der Waals surface area contributed by atoms with Crippen molar-refractivity contribution in [2.24, 2.45) is 0 Å². The molecule has 2 N–H and O–H groups in total. The minimum absolute atomic E-state index is 0. The highest BCUT2D eigenvalue weighted by molar-refractivity contribution is 5.95. The maximum absolute atomic E-state index is 13.6. The van der Waals surface area contributed by atoms with Crippen LogP contribution in [0, 0.1) is 0 Å². The molecule has 1 unspecified atom stereocenters. The van der Waals surface area contributed by atoms with E-state index in [1.54, 1.807) is 35.6 Å². The molecule has 1 aliphatic heterocycles. The van der Waals surface area contributed by atoms with Crippen molar-refractivity contribution in [3.63, 3.8) is 0 Å². The summed E-state index contributed by atoms with van der Waals surface area (Å²) >= 11 is 0. The Morgan fingerprint density at radius 1 is 0.884 bits per heavy atom. The number of piperazine rings is 1. The van der Waals surface area contributed by atoms with Crippen LogP contribution in [0.4, 0.5) is 26.3 Å². The number of benzene rings is 2. The Kier molecular flexibility index (Phi) is 10.5. The van der Waals surface area contributed by atoms with Gasteiger partial charge in [0.25, 0.3) is 11.8 Å². The number of aromatic amines is 1. The molecule has 4 aromatic rings. The molecular weight excluding hydrogens is 623 g/mol. The Balaban J connectivity index is 0.00000253. The molecule has 232 valence electrons. The number of H-pyrrole nitrogens is 1. The number of nitrogens with zero attached hydrogens (tertiary/aromatic N) is 3. The van der Waals surface area contributed by atoms with E-state index in [0.717, 1.165) is 16.5 Å². The van der Waals surface area contributed by atoms with Gasteiger partial charge in [-0.15, -0.1) is 24.8 Å². The van der Waals surface area contributed by atoms with Crippen molar-refractivity contribution >= 4 is 47.5 Å². The third kappa shape index (κ3) is 7.84. The lowest BCUT2D eigenvalue weighted by atomic mass is 9.98. The average molecular weight is 650 g/mol. The average Bonchev–Trinajstić information content (AvgIpc) is 3.57. The summed E-state index contributed by atoms with van der Waals surface area (Å²) in [6, 6.07) is 11.2. The molecule has 1 aliphatic rings. The van der Waals surface area contributed by atoms with Gasteiger partial charge in [-0.2, -0.15) is 26.3 Å². The number of para-hydroxylation sites is 1. The zero-order chi connectivity index (χ0) is 29.4. The van der Waals surface area contributed by atoms with Gasteiger partial charge in [0, 0.05) is 60.7 Å². The lowest BCUT2D eigenvalue weighted by Crippen LogP contribution is -2.57. The molecule has 0 aliphatic carbocycles. The fourth-order valence-corrected chi connectivity index (χ4v) is 5.10. The third-order valence-electron chi connectivity index (χ3n) is 7.02. The van der Waals surface area contributed by atoms with E-state index in [4.69, 9.17) is 0 Å². The number of halogens is 8. The number of carbonyl (C=O) groups is 2. The van der Waals surface area contributed by atoms with Crippen molar-refractivity contribution in [3.05, 3.63) is 95.4 Å². The van der Waals surface area contributed by atoms with E-state index in [1.807, 2.05) is 24.3 Å². The molecule has 7 nitrogen and oxygen atoms in total. The normalized spacial score (nSPS) is 16.0. The lowest BCUT2D eigenvalue weighted by molar-refractivity contribution is -0.143. The number of hydrogen-bond acceptors (Lipinski definition) is 3. The van der Waals surface area contributed by atoms with Gasteiger partial charge in [0.05, 0.1) is 17.7 Å². The first-order chi connectivity index (χ1) is 19.4. The highest BCUT2D eigenvalue weighted by Gasteiger charge is 2.39. The lowest BCUT2D eigenvalue weighted by Gasteiger charge is -2.41. The van der Waals surface area contributed by atoms with Crippen LogP contribution in [-0.2, 0) is 23.6 Å².